The van der Waals surface area contributed by atoms with Crippen molar-refractivity contribution in [2.45, 2.75) is 13.0 Å². The number of hydrogen-bond donors (Lipinski definition) is 1. The van der Waals surface area contributed by atoms with Crippen LogP contribution in [-0.4, -0.2) is 0 Å². The van der Waals surface area contributed by atoms with Gasteiger partial charge in [0, 0.05) is 6.04 Å². The lowest BCUT2D eigenvalue weighted by Gasteiger charge is -2.08. The van der Waals surface area contributed by atoms with E-state index in [-0.39, 0.29) is 18.4 Å². The smallest absolute Gasteiger partial charge is 0.127 e. The van der Waals surface area contributed by atoms with Crippen LogP contribution >= 0.6 is 12.4 Å². The second-order valence-electron chi connectivity index (χ2n) is 3.77. The maximum atomic E-state index is 5.78. The Kier molecular flexibility index (Phi) is 5.01. The molecule has 90 valence electrons. The van der Waals surface area contributed by atoms with Crippen molar-refractivity contribution in [3.05, 3.63) is 60.2 Å². The van der Waals surface area contributed by atoms with Crippen molar-refractivity contribution in [2.75, 3.05) is 0 Å². The molecule has 0 aliphatic rings. The van der Waals surface area contributed by atoms with Gasteiger partial charge in [0.25, 0.3) is 0 Å². The third-order valence-corrected chi connectivity index (χ3v) is 2.38. The largest absolute Gasteiger partial charge is 0.457 e. The normalized spacial score (nSPS) is 11.4. The van der Waals surface area contributed by atoms with Crippen LogP contribution in [0.5, 0.6) is 11.5 Å². The summed E-state index contributed by atoms with van der Waals surface area (Å²) in [5.41, 5.74) is 6.89. The standard InChI is InChI=1S/C14H15NO.ClH/c1-11(15)12-7-9-14(10-8-12)16-13-5-3-2-4-6-13;/h2-11H,15H2,1H3;1H. The molecule has 0 aromatic heterocycles. The molecule has 2 N–H and O–H groups in total. The van der Waals surface area contributed by atoms with Gasteiger partial charge in [-0.2, -0.15) is 0 Å². The van der Waals surface area contributed by atoms with Crippen molar-refractivity contribution >= 4 is 12.4 Å². The molecule has 0 radical (unpaired) electrons. The highest BCUT2D eigenvalue weighted by atomic mass is 35.5. The van der Waals surface area contributed by atoms with Gasteiger partial charge in [-0.25, -0.2) is 0 Å². The van der Waals surface area contributed by atoms with E-state index in [0.717, 1.165) is 17.1 Å². The van der Waals surface area contributed by atoms with Gasteiger partial charge < -0.3 is 10.5 Å². The molecular weight excluding hydrogens is 234 g/mol. The summed E-state index contributed by atoms with van der Waals surface area (Å²) in [4.78, 5) is 0. The zero-order chi connectivity index (χ0) is 11.4. The molecule has 2 aromatic rings. The Hall–Kier alpha value is -1.51. The van der Waals surface area contributed by atoms with Crippen LogP contribution in [0.2, 0.25) is 0 Å². The van der Waals surface area contributed by atoms with E-state index >= 15 is 0 Å². The van der Waals surface area contributed by atoms with Gasteiger partial charge in [-0.3, -0.25) is 0 Å². The van der Waals surface area contributed by atoms with Gasteiger partial charge in [-0.05, 0) is 36.8 Å². The van der Waals surface area contributed by atoms with Crippen LogP contribution in [0.4, 0.5) is 0 Å². The van der Waals surface area contributed by atoms with Crippen LogP contribution in [0, 0.1) is 0 Å². The molecule has 0 spiro atoms. The molecule has 17 heavy (non-hydrogen) atoms. The second kappa shape index (κ2) is 6.28. The van der Waals surface area contributed by atoms with Crippen molar-refractivity contribution in [3.8, 4) is 11.5 Å². The van der Waals surface area contributed by atoms with Gasteiger partial charge >= 0.3 is 0 Å². The average molecular weight is 250 g/mol. The number of ether oxygens (including phenoxy) is 1. The van der Waals surface area contributed by atoms with Crippen LogP contribution in [0.3, 0.4) is 0 Å². The fourth-order valence-corrected chi connectivity index (χ4v) is 1.46. The first kappa shape index (κ1) is 13.6. The minimum absolute atomic E-state index is 0. The Morgan fingerprint density at radius 3 is 1.94 bits per heavy atom. The Labute approximate surface area is 108 Å². The summed E-state index contributed by atoms with van der Waals surface area (Å²) in [5, 5.41) is 0. The lowest BCUT2D eigenvalue weighted by Crippen LogP contribution is -2.04. The molecule has 2 aromatic carbocycles. The number of halogens is 1. The molecule has 0 bridgehead atoms. The van der Waals surface area contributed by atoms with Gasteiger partial charge in [0.1, 0.15) is 11.5 Å². The zero-order valence-corrected chi connectivity index (χ0v) is 10.5. The number of para-hydroxylation sites is 1. The summed E-state index contributed by atoms with van der Waals surface area (Å²) in [6.07, 6.45) is 0. The number of rotatable bonds is 3. The van der Waals surface area contributed by atoms with Crippen LogP contribution in [0.1, 0.15) is 18.5 Å². The number of hydrogen-bond acceptors (Lipinski definition) is 2. The third kappa shape index (κ3) is 3.77. The average Bonchev–Trinajstić information content (AvgIpc) is 2.31. The molecule has 0 amide bonds. The first-order valence-electron chi connectivity index (χ1n) is 5.34. The number of benzene rings is 2. The second-order valence-corrected chi connectivity index (χ2v) is 3.77. The van der Waals surface area contributed by atoms with Crippen molar-refractivity contribution < 1.29 is 4.74 Å². The highest BCUT2D eigenvalue weighted by molar-refractivity contribution is 5.85. The van der Waals surface area contributed by atoms with Crippen molar-refractivity contribution in [1.29, 1.82) is 0 Å². The van der Waals surface area contributed by atoms with E-state index in [9.17, 15) is 0 Å². The third-order valence-electron chi connectivity index (χ3n) is 2.38. The lowest BCUT2D eigenvalue weighted by molar-refractivity contribution is 0.482. The van der Waals surface area contributed by atoms with E-state index in [1.165, 1.54) is 0 Å². The Morgan fingerprint density at radius 2 is 1.41 bits per heavy atom. The van der Waals surface area contributed by atoms with Crippen LogP contribution in [-0.2, 0) is 0 Å². The summed E-state index contributed by atoms with van der Waals surface area (Å²) < 4.78 is 5.67. The lowest BCUT2D eigenvalue weighted by atomic mass is 10.1. The van der Waals surface area contributed by atoms with E-state index < -0.39 is 0 Å². The number of nitrogens with two attached hydrogens (primary N) is 1. The molecule has 2 rings (SSSR count). The Bertz CT molecular complexity index is 440. The molecular formula is C14H16ClNO. The quantitative estimate of drug-likeness (QED) is 0.895. The Morgan fingerprint density at radius 1 is 0.882 bits per heavy atom. The predicted octanol–water partition coefficient (Wildman–Crippen LogP) is 3.92. The molecule has 0 aliphatic heterocycles. The highest BCUT2D eigenvalue weighted by Gasteiger charge is 2.00. The topological polar surface area (TPSA) is 35.2 Å². The molecule has 1 atom stereocenters. The SMILES string of the molecule is CC(N)c1ccc(Oc2ccccc2)cc1.Cl. The van der Waals surface area contributed by atoms with Crippen LogP contribution in [0.25, 0.3) is 0 Å². The molecule has 1 unspecified atom stereocenters. The molecule has 0 heterocycles. The summed E-state index contributed by atoms with van der Waals surface area (Å²) in [5.74, 6) is 1.67. The highest BCUT2D eigenvalue weighted by Crippen LogP contribution is 2.22. The molecule has 2 nitrogen and oxygen atoms in total. The monoisotopic (exact) mass is 249 g/mol. The van der Waals surface area contributed by atoms with Crippen molar-refractivity contribution in [1.82, 2.24) is 0 Å². The molecule has 0 fully saturated rings. The van der Waals surface area contributed by atoms with Gasteiger partial charge in [-0.1, -0.05) is 30.3 Å². The first-order chi connectivity index (χ1) is 7.75. The van der Waals surface area contributed by atoms with Gasteiger partial charge in [0.15, 0.2) is 0 Å². The minimum atomic E-state index is 0. The van der Waals surface area contributed by atoms with Crippen molar-refractivity contribution in [2.24, 2.45) is 5.73 Å². The molecule has 0 saturated carbocycles. The van der Waals surface area contributed by atoms with Crippen LogP contribution in [0.15, 0.2) is 54.6 Å². The molecule has 0 aliphatic carbocycles. The Balaban J connectivity index is 0.00000144. The van der Waals surface area contributed by atoms with Gasteiger partial charge in [0.2, 0.25) is 0 Å². The first-order valence-corrected chi connectivity index (χ1v) is 5.34. The van der Waals surface area contributed by atoms with Gasteiger partial charge in [0.05, 0.1) is 0 Å². The molecule has 0 saturated heterocycles. The van der Waals surface area contributed by atoms with E-state index in [4.69, 9.17) is 10.5 Å². The fourth-order valence-electron chi connectivity index (χ4n) is 1.46. The van der Waals surface area contributed by atoms with Crippen molar-refractivity contribution in [3.63, 3.8) is 0 Å². The maximum absolute atomic E-state index is 5.78. The summed E-state index contributed by atoms with van der Waals surface area (Å²) >= 11 is 0. The summed E-state index contributed by atoms with van der Waals surface area (Å²) in [6, 6.07) is 17.6. The van der Waals surface area contributed by atoms with Gasteiger partial charge in [-0.15, -0.1) is 12.4 Å². The van der Waals surface area contributed by atoms with Crippen LogP contribution < -0.4 is 10.5 Å². The predicted molar refractivity (Wildman–Crippen MR) is 72.8 cm³/mol. The molecule has 3 heteroatoms. The fraction of sp³-hybridized carbons (Fsp3) is 0.143. The minimum Gasteiger partial charge on any atom is -0.457 e. The van der Waals surface area contributed by atoms with E-state index in [1.54, 1.807) is 0 Å². The summed E-state index contributed by atoms with van der Waals surface area (Å²) in [7, 11) is 0. The zero-order valence-electron chi connectivity index (χ0n) is 9.67. The van der Waals surface area contributed by atoms with E-state index in [2.05, 4.69) is 0 Å². The van der Waals surface area contributed by atoms with E-state index in [1.807, 2.05) is 61.5 Å². The van der Waals surface area contributed by atoms with E-state index in [0.29, 0.717) is 0 Å². The summed E-state index contributed by atoms with van der Waals surface area (Å²) in [6.45, 7) is 1.97. The maximum Gasteiger partial charge on any atom is 0.127 e.